The highest BCUT2D eigenvalue weighted by molar-refractivity contribution is 7.09. The van der Waals surface area contributed by atoms with Gasteiger partial charge in [0.05, 0.1) is 6.54 Å². The van der Waals surface area contributed by atoms with Gasteiger partial charge in [0.1, 0.15) is 6.10 Å². The van der Waals surface area contributed by atoms with Gasteiger partial charge in [-0.05, 0) is 42.5 Å². The number of nitrogens with one attached hydrogen (secondary N) is 1. The van der Waals surface area contributed by atoms with Crippen LogP contribution in [0, 0.1) is 0 Å². The van der Waals surface area contributed by atoms with Gasteiger partial charge in [0, 0.05) is 29.8 Å². The first-order chi connectivity index (χ1) is 11.6. The largest absolute Gasteiger partial charge is 0.368 e. The third kappa shape index (κ3) is 4.01. The third-order valence-electron chi connectivity index (χ3n) is 3.92. The lowest BCUT2D eigenvalue weighted by molar-refractivity contribution is -0.124. The summed E-state index contributed by atoms with van der Waals surface area (Å²) in [7, 11) is 1.78. The van der Waals surface area contributed by atoms with E-state index in [4.69, 9.17) is 4.74 Å². The summed E-state index contributed by atoms with van der Waals surface area (Å²) in [5, 5.41) is 4.83. The fraction of sp³-hybridized carbons (Fsp3) is 0.333. The first kappa shape index (κ1) is 16.7. The van der Waals surface area contributed by atoms with Gasteiger partial charge in [0.25, 0.3) is 11.8 Å². The number of thiophene rings is 1. The Bertz CT molecular complexity index is 709. The van der Waals surface area contributed by atoms with Crippen LogP contribution in [0.15, 0.2) is 41.8 Å². The van der Waals surface area contributed by atoms with Crippen molar-refractivity contribution >= 4 is 28.8 Å². The Kier molecular flexibility index (Phi) is 5.27. The summed E-state index contributed by atoms with van der Waals surface area (Å²) >= 11 is 1.62. The lowest BCUT2D eigenvalue weighted by atomic mass is 10.1. The molecule has 1 aromatic heterocycles. The van der Waals surface area contributed by atoms with E-state index in [9.17, 15) is 9.59 Å². The van der Waals surface area contributed by atoms with E-state index in [2.05, 4.69) is 5.32 Å². The molecule has 6 heteroatoms. The Hall–Kier alpha value is -2.18. The van der Waals surface area contributed by atoms with Crippen molar-refractivity contribution in [2.45, 2.75) is 25.5 Å². The molecule has 3 rings (SSSR count). The van der Waals surface area contributed by atoms with Gasteiger partial charge >= 0.3 is 0 Å². The first-order valence-corrected chi connectivity index (χ1v) is 8.82. The predicted octanol–water partition coefficient (Wildman–Crippen LogP) is 3.14. The average molecular weight is 344 g/mol. The maximum atomic E-state index is 12.6. The number of nitrogens with zero attached hydrogens (tertiary/aromatic N) is 1. The highest BCUT2D eigenvalue weighted by Crippen LogP contribution is 2.18. The summed E-state index contributed by atoms with van der Waals surface area (Å²) < 4.78 is 5.38. The summed E-state index contributed by atoms with van der Waals surface area (Å²) in [6.45, 7) is 1.20. The first-order valence-electron chi connectivity index (χ1n) is 7.94. The van der Waals surface area contributed by atoms with Crippen molar-refractivity contribution in [1.29, 1.82) is 0 Å². The van der Waals surface area contributed by atoms with Crippen molar-refractivity contribution in [3.8, 4) is 0 Å². The number of hydrogen-bond acceptors (Lipinski definition) is 4. The minimum atomic E-state index is -0.383. The molecule has 1 atom stereocenters. The van der Waals surface area contributed by atoms with Crippen LogP contribution in [-0.2, 0) is 16.1 Å². The van der Waals surface area contributed by atoms with Crippen LogP contribution in [0.5, 0.6) is 0 Å². The molecule has 24 heavy (non-hydrogen) atoms. The van der Waals surface area contributed by atoms with Crippen LogP contribution in [-0.4, -0.2) is 36.5 Å². The van der Waals surface area contributed by atoms with Crippen molar-refractivity contribution < 1.29 is 14.3 Å². The van der Waals surface area contributed by atoms with Gasteiger partial charge in [-0.15, -0.1) is 11.3 Å². The van der Waals surface area contributed by atoms with Crippen LogP contribution in [0.4, 0.5) is 5.69 Å². The van der Waals surface area contributed by atoms with Crippen molar-refractivity contribution in [2.24, 2.45) is 0 Å². The molecule has 0 radical (unpaired) electrons. The molecule has 1 aliphatic heterocycles. The molecule has 5 nitrogen and oxygen atoms in total. The van der Waals surface area contributed by atoms with E-state index < -0.39 is 0 Å². The molecule has 2 amide bonds. The zero-order chi connectivity index (χ0) is 16.9. The molecule has 0 spiro atoms. The van der Waals surface area contributed by atoms with Crippen molar-refractivity contribution in [3.63, 3.8) is 0 Å². The Labute approximate surface area is 145 Å². The molecular weight excluding hydrogens is 324 g/mol. The van der Waals surface area contributed by atoms with Crippen LogP contribution in [0.25, 0.3) is 0 Å². The Balaban J connectivity index is 1.65. The maximum Gasteiger partial charge on any atom is 0.253 e. The number of ether oxygens (including phenoxy) is 1. The molecule has 1 fully saturated rings. The second-order valence-corrected chi connectivity index (χ2v) is 6.84. The van der Waals surface area contributed by atoms with Gasteiger partial charge in [-0.3, -0.25) is 9.59 Å². The van der Waals surface area contributed by atoms with E-state index in [0.717, 1.165) is 17.7 Å². The molecule has 2 aromatic rings. The van der Waals surface area contributed by atoms with E-state index in [0.29, 0.717) is 24.4 Å². The van der Waals surface area contributed by atoms with Crippen molar-refractivity contribution in [1.82, 2.24) is 4.90 Å². The zero-order valence-electron chi connectivity index (χ0n) is 13.5. The summed E-state index contributed by atoms with van der Waals surface area (Å²) in [5.41, 5.74) is 1.17. The van der Waals surface area contributed by atoms with Gasteiger partial charge in [-0.25, -0.2) is 0 Å². The molecule has 126 valence electrons. The SMILES string of the molecule is CN(Cc1cccs1)C(=O)c1cccc(NC(=O)[C@@H]2CCCO2)c1. The average Bonchev–Trinajstić information content (AvgIpc) is 3.28. The van der Waals surface area contributed by atoms with Crippen molar-refractivity contribution in [2.75, 3.05) is 19.0 Å². The van der Waals surface area contributed by atoms with Gasteiger partial charge in [0.15, 0.2) is 0 Å². The smallest absolute Gasteiger partial charge is 0.253 e. The van der Waals surface area contributed by atoms with Crippen LogP contribution >= 0.6 is 11.3 Å². The third-order valence-corrected chi connectivity index (χ3v) is 4.78. The lowest BCUT2D eigenvalue weighted by Crippen LogP contribution is -2.28. The number of amides is 2. The molecule has 0 saturated carbocycles. The quantitative estimate of drug-likeness (QED) is 0.906. The predicted molar refractivity (Wildman–Crippen MR) is 94.2 cm³/mol. The van der Waals surface area contributed by atoms with Crippen molar-refractivity contribution in [3.05, 3.63) is 52.2 Å². The minimum absolute atomic E-state index is 0.0726. The monoisotopic (exact) mass is 344 g/mol. The summed E-state index contributed by atoms with van der Waals surface area (Å²) in [6, 6.07) is 11.0. The van der Waals surface area contributed by atoms with Gasteiger partial charge in [0.2, 0.25) is 0 Å². The molecular formula is C18H20N2O3S. The van der Waals surface area contributed by atoms with Crippen LogP contribution in [0.2, 0.25) is 0 Å². The summed E-state index contributed by atoms with van der Waals surface area (Å²) in [4.78, 5) is 27.5. The Morgan fingerprint density at radius 3 is 2.92 bits per heavy atom. The standard InChI is InChI=1S/C18H20N2O3S/c1-20(12-15-7-4-10-24-15)18(22)13-5-2-6-14(11-13)19-17(21)16-8-3-9-23-16/h2,4-7,10-11,16H,3,8-9,12H2,1H3,(H,19,21)/t16-/m0/s1. The van der Waals surface area contributed by atoms with E-state index in [1.165, 1.54) is 0 Å². The number of anilines is 1. The zero-order valence-corrected chi connectivity index (χ0v) is 14.3. The molecule has 1 N–H and O–H groups in total. The molecule has 1 aromatic carbocycles. The highest BCUT2D eigenvalue weighted by Gasteiger charge is 2.23. The number of hydrogen-bond donors (Lipinski definition) is 1. The van der Waals surface area contributed by atoms with E-state index >= 15 is 0 Å². The van der Waals surface area contributed by atoms with E-state index in [1.807, 2.05) is 17.5 Å². The van der Waals surface area contributed by atoms with E-state index in [-0.39, 0.29) is 17.9 Å². The second kappa shape index (κ2) is 7.59. The minimum Gasteiger partial charge on any atom is -0.368 e. The fourth-order valence-corrected chi connectivity index (χ4v) is 3.42. The Morgan fingerprint density at radius 1 is 1.33 bits per heavy atom. The summed E-state index contributed by atoms with van der Waals surface area (Å²) in [6.07, 6.45) is 1.27. The molecule has 0 bridgehead atoms. The molecule has 0 aliphatic carbocycles. The van der Waals surface area contributed by atoms with Gasteiger partial charge in [-0.2, -0.15) is 0 Å². The number of carbonyl (C=O) groups is 2. The van der Waals surface area contributed by atoms with Crippen LogP contribution < -0.4 is 5.32 Å². The van der Waals surface area contributed by atoms with Gasteiger partial charge < -0.3 is 15.0 Å². The second-order valence-electron chi connectivity index (χ2n) is 5.81. The molecule has 1 saturated heterocycles. The summed E-state index contributed by atoms with van der Waals surface area (Å²) in [5.74, 6) is -0.222. The highest BCUT2D eigenvalue weighted by atomic mass is 32.1. The number of carbonyl (C=O) groups excluding carboxylic acids is 2. The molecule has 0 unspecified atom stereocenters. The molecule has 2 heterocycles. The fourth-order valence-electron chi connectivity index (χ4n) is 2.67. The maximum absolute atomic E-state index is 12.6. The Morgan fingerprint density at radius 2 is 2.21 bits per heavy atom. The van der Waals surface area contributed by atoms with E-state index in [1.54, 1.807) is 47.5 Å². The lowest BCUT2D eigenvalue weighted by Gasteiger charge is -2.17. The number of benzene rings is 1. The van der Waals surface area contributed by atoms with Crippen LogP contribution in [0.3, 0.4) is 0 Å². The number of rotatable bonds is 5. The topological polar surface area (TPSA) is 58.6 Å². The normalized spacial score (nSPS) is 16.8. The van der Waals surface area contributed by atoms with Gasteiger partial charge in [-0.1, -0.05) is 12.1 Å². The van der Waals surface area contributed by atoms with Crippen LogP contribution in [0.1, 0.15) is 28.1 Å². The molecule has 1 aliphatic rings.